The lowest BCUT2D eigenvalue weighted by Crippen LogP contribution is -2.45. The van der Waals surface area contributed by atoms with Crippen LogP contribution in [0.1, 0.15) is 187 Å². The van der Waals surface area contributed by atoms with Crippen LogP contribution in [-0.4, -0.2) is 68.5 Å². The summed E-state index contributed by atoms with van der Waals surface area (Å²) in [7, 11) is 1.25. The normalized spacial score (nSPS) is 14.8. The Morgan fingerprint density at radius 2 is 1.09 bits per heavy atom. The van der Waals surface area contributed by atoms with Gasteiger partial charge in [0.2, 0.25) is 5.91 Å². The predicted octanol–water partition coefficient (Wildman–Crippen LogP) is 11.3. The van der Waals surface area contributed by atoms with Gasteiger partial charge >= 0.3 is 0 Å². The van der Waals surface area contributed by atoms with E-state index in [0.29, 0.717) is 17.4 Å². The standard InChI is InChI=1S/C44H85N2O6P/c1-6-8-10-12-14-16-18-20-22-24-25-27-29-31-33-35-37-43(47)42(41-52-53(49,50)51-40-39-46(3,4)5)45-44(48)38-36-34-32-30-28-26-23-21-19-17-15-13-11-9-7-2/h15,17,21,23,35,37,42-43,47H,6-14,16,18-20,22,24-34,36,38-41H2,1-5H3,(H-,45,48,49,50)/b17-15-,23-21-,37-35+. The van der Waals surface area contributed by atoms with Gasteiger partial charge in [0.05, 0.1) is 39.9 Å². The largest absolute Gasteiger partial charge is 0.756 e. The molecule has 0 aliphatic rings. The van der Waals surface area contributed by atoms with Crippen LogP contribution in [0.5, 0.6) is 0 Å². The number of phosphoric acid groups is 1. The first-order chi connectivity index (χ1) is 25.5. The molecule has 0 aliphatic heterocycles. The van der Waals surface area contributed by atoms with E-state index in [1.165, 1.54) is 103 Å². The summed E-state index contributed by atoms with van der Waals surface area (Å²) in [4.78, 5) is 25.3. The lowest BCUT2D eigenvalue weighted by molar-refractivity contribution is -0.870. The van der Waals surface area contributed by atoms with Crippen molar-refractivity contribution in [1.29, 1.82) is 0 Å². The highest BCUT2D eigenvalue weighted by molar-refractivity contribution is 7.45. The van der Waals surface area contributed by atoms with Crippen molar-refractivity contribution in [2.24, 2.45) is 0 Å². The molecule has 9 heteroatoms. The number of rotatable bonds is 39. The Hall–Kier alpha value is -1.28. The van der Waals surface area contributed by atoms with Gasteiger partial charge < -0.3 is 28.8 Å². The van der Waals surface area contributed by atoms with Gasteiger partial charge in [0, 0.05) is 6.42 Å². The molecule has 3 atom stereocenters. The van der Waals surface area contributed by atoms with E-state index in [-0.39, 0.29) is 19.1 Å². The fourth-order valence-electron chi connectivity index (χ4n) is 6.06. The van der Waals surface area contributed by atoms with Crippen molar-refractivity contribution in [2.45, 2.75) is 199 Å². The fraction of sp³-hybridized carbons (Fsp3) is 0.841. The molecule has 0 spiro atoms. The summed E-state index contributed by atoms with van der Waals surface area (Å²) in [5.41, 5.74) is 0. The number of unbranched alkanes of at least 4 members (excludes halogenated alkanes) is 22. The van der Waals surface area contributed by atoms with E-state index in [9.17, 15) is 19.4 Å². The molecular formula is C44H85N2O6P. The third-order valence-corrected chi connectivity index (χ3v) is 10.6. The Balaban J connectivity index is 4.48. The quantitative estimate of drug-likeness (QED) is 0.0279. The molecule has 1 amide bonds. The van der Waals surface area contributed by atoms with Gasteiger partial charge in [-0.15, -0.1) is 0 Å². The number of quaternary nitrogens is 1. The van der Waals surface area contributed by atoms with E-state index >= 15 is 0 Å². The molecule has 0 aromatic heterocycles. The number of nitrogens with one attached hydrogen (secondary N) is 1. The van der Waals surface area contributed by atoms with Crippen LogP contribution in [0, 0.1) is 0 Å². The third-order valence-electron chi connectivity index (χ3n) is 9.59. The van der Waals surface area contributed by atoms with Gasteiger partial charge in [-0.2, -0.15) is 0 Å². The third kappa shape index (κ3) is 38.8. The topological polar surface area (TPSA) is 108 Å². The van der Waals surface area contributed by atoms with Crippen molar-refractivity contribution in [3.63, 3.8) is 0 Å². The molecule has 0 saturated carbocycles. The number of allylic oxidation sites excluding steroid dienone is 5. The Labute approximate surface area is 327 Å². The number of phosphoric ester groups is 1. The number of likely N-dealkylation sites (N-methyl/N-ethyl adjacent to an activating group) is 1. The Morgan fingerprint density at radius 1 is 0.660 bits per heavy atom. The average Bonchev–Trinajstić information content (AvgIpc) is 3.10. The van der Waals surface area contributed by atoms with Gasteiger partial charge in [0.15, 0.2) is 0 Å². The second kappa shape index (κ2) is 36.4. The number of hydrogen-bond acceptors (Lipinski definition) is 6. The van der Waals surface area contributed by atoms with Gasteiger partial charge in [-0.3, -0.25) is 9.36 Å². The summed E-state index contributed by atoms with van der Waals surface area (Å²) >= 11 is 0. The van der Waals surface area contributed by atoms with E-state index in [4.69, 9.17) is 9.05 Å². The first kappa shape index (κ1) is 51.7. The summed E-state index contributed by atoms with van der Waals surface area (Å²) in [5.74, 6) is -0.213. The zero-order chi connectivity index (χ0) is 39.3. The van der Waals surface area contributed by atoms with Gasteiger partial charge in [-0.05, 0) is 51.4 Å². The highest BCUT2D eigenvalue weighted by Gasteiger charge is 2.23. The molecular weight excluding hydrogens is 683 g/mol. The monoisotopic (exact) mass is 769 g/mol. The first-order valence-corrected chi connectivity index (χ1v) is 23.3. The van der Waals surface area contributed by atoms with E-state index < -0.39 is 20.0 Å². The summed E-state index contributed by atoms with van der Waals surface area (Å²) in [6, 6.07) is -0.891. The van der Waals surface area contributed by atoms with E-state index in [1.807, 2.05) is 27.2 Å². The summed E-state index contributed by atoms with van der Waals surface area (Å²) < 4.78 is 23.2. The highest BCUT2D eigenvalue weighted by Crippen LogP contribution is 2.38. The fourth-order valence-corrected chi connectivity index (χ4v) is 6.79. The Kier molecular flexibility index (Phi) is 35.5. The zero-order valence-electron chi connectivity index (χ0n) is 35.2. The lowest BCUT2D eigenvalue weighted by atomic mass is 10.0. The van der Waals surface area contributed by atoms with Crippen molar-refractivity contribution >= 4 is 13.7 Å². The number of amides is 1. The highest BCUT2D eigenvalue weighted by atomic mass is 31.2. The maximum atomic E-state index is 12.8. The van der Waals surface area contributed by atoms with Crippen LogP contribution in [0.3, 0.4) is 0 Å². The molecule has 0 radical (unpaired) electrons. The van der Waals surface area contributed by atoms with Gasteiger partial charge in [0.25, 0.3) is 7.82 Å². The smallest absolute Gasteiger partial charge is 0.268 e. The van der Waals surface area contributed by atoms with Crippen LogP contribution in [0.2, 0.25) is 0 Å². The minimum absolute atomic E-state index is 0.00419. The van der Waals surface area contributed by atoms with Crippen LogP contribution in [0.15, 0.2) is 36.5 Å². The Bertz CT molecular complexity index is 964. The number of carbonyl (C=O) groups excluding carboxylic acids is 1. The summed E-state index contributed by atoms with van der Waals surface area (Å²) in [6.07, 6.45) is 43.2. The molecule has 0 aromatic carbocycles. The second-order valence-electron chi connectivity index (χ2n) is 16.0. The molecule has 0 aliphatic carbocycles. The van der Waals surface area contributed by atoms with Gasteiger partial charge in [0.1, 0.15) is 13.2 Å². The van der Waals surface area contributed by atoms with Crippen LogP contribution < -0.4 is 10.2 Å². The molecule has 2 N–H and O–H groups in total. The average molecular weight is 769 g/mol. The van der Waals surface area contributed by atoms with Crippen LogP contribution in [0.4, 0.5) is 0 Å². The van der Waals surface area contributed by atoms with Crippen molar-refractivity contribution < 1.29 is 32.9 Å². The van der Waals surface area contributed by atoms with Crippen LogP contribution >= 0.6 is 7.82 Å². The van der Waals surface area contributed by atoms with E-state index in [1.54, 1.807) is 6.08 Å². The van der Waals surface area contributed by atoms with Crippen molar-refractivity contribution in [3.05, 3.63) is 36.5 Å². The Morgan fingerprint density at radius 3 is 1.60 bits per heavy atom. The zero-order valence-corrected chi connectivity index (χ0v) is 36.1. The van der Waals surface area contributed by atoms with Gasteiger partial charge in [-0.1, -0.05) is 166 Å². The number of carbonyl (C=O) groups is 1. The summed E-state index contributed by atoms with van der Waals surface area (Å²) in [5, 5.41) is 13.8. The maximum Gasteiger partial charge on any atom is 0.268 e. The van der Waals surface area contributed by atoms with Crippen molar-refractivity contribution in [1.82, 2.24) is 5.32 Å². The predicted molar refractivity (Wildman–Crippen MR) is 224 cm³/mol. The molecule has 53 heavy (non-hydrogen) atoms. The molecule has 0 bridgehead atoms. The number of aliphatic hydroxyl groups excluding tert-OH is 1. The summed E-state index contributed by atoms with van der Waals surface area (Å²) in [6.45, 7) is 4.60. The molecule has 0 heterocycles. The molecule has 312 valence electrons. The minimum atomic E-state index is -4.59. The first-order valence-electron chi connectivity index (χ1n) is 21.9. The second-order valence-corrected chi connectivity index (χ2v) is 17.5. The van der Waals surface area contributed by atoms with Crippen LogP contribution in [-0.2, 0) is 18.4 Å². The van der Waals surface area contributed by atoms with Crippen molar-refractivity contribution in [2.75, 3.05) is 40.9 Å². The van der Waals surface area contributed by atoms with Crippen LogP contribution in [0.25, 0.3) is 0 Å². The van der Waals surface area contributed by atoms with Crippen molar-refractivity contribution in [3.8, 4) is 0 Å². The molecule has 8 nitrogen and oxygen atoms in total. The number of nitrogens with zero attached hydrogens (tertiary/aromatic N) is 1. The SMILES string of the molecule is CCCCC/C=C\C/C=C\CCCCCCCC(=O)NC(COP(=O)([O-])OCC[N+](C)(C)C)C(O)/C=C/CCCCCCCCCCCCCCCC. The van der Waals surface area contributed by atoms with E-state index in [2.05, 4.69) is 43.5 Å². The molecule has 0 aromatic rings. The molecule has 0 fully saturated rings. The number of hydrogen-bond donors (Lipinski definition) is 2. The van der Waals surface area contributed by atoms with E-state index in [0.717, 1.165) is 64.2 Å². The lowest BCUT2D eigenvalue weighted by Gasteiger charge is -2.29. The van der Waals surface area contributed by atoms with Gasteiger partial charge in [-0.25, -0.2) is 0 Å². The maximum absolute atomic E-state index is 12.8. The molecule has 3 unspecified atom stereocenters. The molecule has 0 rings (SSSR count). The molecule has 0 saturated heterocycles. The minimum Gasteiger partial charge on any atom is -0.756 e. The number of aliphatic hydroxyl groups is 1.